The number of unbranched alkanes of at least 4 members (excludes halogenated alkanes) is 1. The van der Waals surface area contributed by atoms with Crippen molar-refractivity contribution in [3.05, 3.63) is 29.8 Å². The largest absolute Gasteiger partial charge is 0.508 e. The zero-order valence-electron chi connectivity index (χ0n) is 11.9. The first-order chi connectivity index (χ1) is 9.74. The minimum Gasteiger partial charge on any atom is -0.508 e. The highest BCUT2D eigenvalue weighted by Crippen LogP contribution is 2.15. The third kappa shape index (κ3) is 7.11. The molecule has 0 atom stereocenters. The predicted octanol–water partition coefficient (Wildman–Crippen LogP) is 1.49. The molecule has 0 radical (unpaired) electrons. The highest BCUT2D eigenvalue weighted by molar-refractivity contribution is 5.79. The summed E-state index contributed by atoms with van der Waals surface area (Å²) in [6.07, 6.45) is 1.98. The van der Waals surface area contributed by atoms with Crippen molar-refractivity contribution >= 4 is 5.91 Å². The highest BCUT2D eigenvalue weighted by atomic mass is 16.5. The Hall–Kier alpha value is -1.59. The molecule has 0 saturated carbocycles. The van der Waals surface area contributed by atoms with Gasteiger partial charge < -0.3 is 19.9 Å². The molecule has 0 unspecified atom stereocenters. The fraction of sp³-hybridized carbons (Fsp3) is 0.533. The van der Waals surface area contributed by atoms with Gasteiger partial charge in [0.1, 0.15) is 5.75 Å². The molecule has 112 valence electrons. The zero-order chi connectivity index (χ0) is 14.6. The summed E-state index contributed by atoms with van der Waals surface area (Å²) in [6, 6.07) is 6.87. The number of aromatic hydroxyl groups is 1. The van der Waals surface area contributed by atoms with Gasteiger partial charge in [0.25, 0.3) is 0 Å². The lowest BCUT2D eigenvalue weighted by molar-refractivity contribution is -0.120. The first kappa shape index (κ1) is 16.5. The first-order valence-electron chi connectivity index (χ1n) is 6.84. The molecule has 20 heavy (non-hydrogen) atoms. The van der Waals surface area contributed by atoms with E-state index in [0.29, 0.717) is 31.9 Å². The fourth-order valence-corrected chi connectivity index (χ4v) is 1.70. The van der Waals surface area contributed by atoms with Gasteiger partial charge in [0.05, 0.1) is 19.6 Å². The normalized spacial score (nSPS) is 10.4. The first-order valence-corrected chi connectivity index (χ1v) is 6.84. The van der Waals surface area contributed by atoms with Crippen molar-refractivity contribution in [3.8, 4) is 5.75 Å². The molecular formula is C15H23NO4. The second kappa shape index (κ2) is 10.2. The number of nitrogens with one attached hydrogen (secondary N) is 1. The van der Waals surface area contributed by atoms with Crippen LogP contribution in [0.2, 0.25) is 0 Å². The standard InChI is InChI=1S/C15H23NO4/c1-19-10-11-20-9-5-4-8-16-15(18)12-13-6-2-3-7-14(13)17/h2-3,6-7,17H,4-5,8-12H2,1H3,(H,16,18). The van der Waals surface area contributed by atoms with E-state index >= 15 is 0 Å². The zero-order valence-corrected chi connectivity index (χ0v) is 11.9. The summed E-state index contributed by atoms with van der Waals surface area (Å²) >= 11 is 0. The average molecular weight is 281 g/mol. The summed E-state index contributed by atoms with van der Waals surface area (Å²) in [7, 11) is 1.64. The number of methoxy groups -OCH3 is 1. The van der Waals surface area contributed by atoms with Crippen LogP contribution in [0, 0.1) is 0 Å². The van der Waals surface area contributed by atoms with Crippen molar-refractivity contribution in [1.29, 1.82) is 0 Å². The van der Waals surface area contributed by atoms with Crippen LogP contribution in [0.15, 0.2) is 24.3 Å². The maximum Gasteiger partial charge on any atom is 0.224 e. The molecule has 5 nitrogen and oxygen atoms in total. The number of hydrogen-bond acceptors (Lipinski definition) is 4. The van der Waals surface area contributed by atoms with Gasteiger partial charge in [-0.15, -0.1) is 0 Å². The number of ether oxygens (including phenoxy) is 2. The Labute approximate surface area is 119 Å². The SMILES string of the molecule is COCCOCCCCNC(=O)Cc1ccccc1O. The Balaban J connectivity index is 2.05. The number of benzene rings is 1. The Morgan fingerprint density at radius 3 is 2.75 bits per heavy atom. The van der Waals surface area contributed by atoms with Crippen molar-refractivity contribution < 1.29 is 19.4 Å². The van der Waals surface area contributed by atoms with Gasteiger partial charge in [0.2, 0.25) is 5.91 Å². The van der Waals surface area contributed by atoms with E-state index in [0.717, 1.165) is 12.8 Å². The maximum absolute atomic E-state index is 11.7. The summed E-state index contributed by atoms with van der Waals surface area (Å²) in [6.45, 7) is 2.52. The molecule has 0 aliphatic carbocycles. The highest BCUT2D eigenvalue weighted by Gasteiger charge is 2.06. The summed E-state index contributed by atoms with van der Waals surface area (Å²) < 4.78 is 10.2. The number of amides is 1. The molecule has 2 N–H and O–H groups in total. The lowest BCUT2D eigenvalue weighted by Crippen LogP contribution is -2.26. The van der Waals surface area contributed by atoms with Crippen LogP contribution in [0.3, 0.4) is 0 Å². The van der Waals surface area contributed by atoms with Crippen molar-refractivity contribution in [2.75, 3.05) is 33.5 Å². The van der Waals surface area contributed by atoms with Gasteiger partial charge in [-0.05, 0) is 18.9 Å². The summed E-state index contributed by atoms with van der Waals surface area (Å²) in [5, 5.41) is 12.4. The van der Waals surface area contributed by atoms with E-state index in [1.807, 2.05) is 0 Å². The number of phenolic OH excluding ortho intramolecular Hbond substituents is 1. The summed E-state index contributed by atoms with van der Waals surface area (Å²) in [5.74, 6) is 0.0843. The van der Waals surface area contributed by atoms with Gasteiger partial charge in [-0.1, -0.05) is 18.2 Å². The number of para-hydroxylation sites is 1. The third-order valence-corrected chi connectivity index (χ3v) is 2.81. The molecule has 0 heterocycles. The van der Waals surface area contributed by atoms with Crippen LogP contribution in [0.25, 0.3) is 0 Å². The lowest BCUT2D eigenvalue weighted by atomic mass is 10.1. The second-order valence-corrected chi connectivity index (χ2v) is 4.47. The fourth-order valence-electron chi connectivity index (χ4n) is 1.70. The lowest BCUT2D eigenvalue weighted by Gasteiger charge is -2.07. The molecule has 0 aliphatic heterocycles. The predicted molar refractivity (Wildman–Crippen MR) is 76.7 cm³/mol. The average Bonchev–Trinajstić information content (AvgIpc) is 2.44. The van der Waals surface area contributed by atoms with E-state index in [4.69, 9.17) is 9.47 Å². The third-order valence-electron chi connectivity index (χ3n) is 2.81. The van der Waals surface area contributed by atoms with Crippen molar-refractivity contribution in [1.82, 2.24) is 5.32 Å². The summed E-state index contributed by atoms with van der Waals surface area (Å²) in [5.41, 5.74) is 0.646. The monoisotopic (exact) mass is 281 g/mol. The minimum atomic E-state index is -0.0770. The smallest absolute Gasteiger partial charge is 0.224 e. The van der Waals surface area contributed by atoms with Crippen LogP contribution in [0.1, 0.15) is 18.4 Å². The van der Waals surface area contributed by atoms with Crippen molar-refractivity contribution in [3.63, 3.8) is 0 Å². The molecule has 0 spiro atoms. The van der Waals surface area contributed by atoms with Gasteiger partial charge >= 0.3 is 0 Å². The van der Waals surface area contributed by atoms with E-state index in [9.17, 15) is 9.90 Å². The van der Waals surface area contributed by atoms with E-state index < -0.39 is 0 Å². The quantitative estimate of drug-likeness (QED) is 0.638. The number of phenols is 1. The Morgan fingerprint density at radius 2 is 2.00 bits per heavy atom. The van der Waals surface area contributed by atoms with E-state index in [-0.39, 0.29) is 18.1 Å². The van der Waals surface area contributed by atoms with Gasteiger partial charge in [-0.25, -0.2) is 0 Å². The molecular weight excluding hydrogens is 258 g/mol. The van der Waals surface area contributed by atoms with E-state index in [2.05, 4.69) is 5.32 Å². The Kier molecular flexibility index (Phi) is 8.42. The van der Waals surface area contributed by atoms with Crippen LogP contribution in [-0.4, -0.2) is 44.5 Å². The van der Waals surface area contributed by atoms with E-state index in [1.54, 1.807) is 31.4 Å². The molecule has 1 amide bonds. The van der Waals surface area contributed by atoms with Crippen LogP contribution in [0.4, 0.5) is 0 Å². The van der Waals surface area contributed by atoms with Gasteiger partial charge in [0, 0.05) is 25.8 Å². The number of carbonyl (C=O) groups is 1. The molecule has 5 heteroatoms. The van der Waals surface area contributed by atoms with Crippen LogP contribution < -0.4 is 5.32 Å². The number of hydrogen-bond donors (Lipinski definition) is 2. The molecule has 1 aromatic rings. The molecule has 0 fully saturated rings. The topological polar surface area (TPSA) is 67.8 Å². The van der Waals surface area contributed by atoms with E-state index in [1.165, 1.54) is 0 Å². The minimum absolute atomic E-state index is 0.0770. The van der Waals surface area contributed by atoms with Crippen LogP contribution in [-0.2, 0) is 20.7 Å². The molecule has 1 aromatic carbocycles. The van der Waals surface area contributed by atoms with Gasteiger partial charge in [0.15, 0.2) is 0 Å². The van der Waals surface area contributed by atoms with Crippen LogP contribution in [0.5, 0.6) is 5.75 Å². The Morgan fingerprint density at radius 1 is 1.20 bits per heavy atom. The molecule has 0 saturated heterocycles. The van der Waals surface area contributed by atoms with Crippen LogP contribution >= 0.6 is 0 Å². The number of rotatable bonds is 10. The summed E-state index contributed by atoms with van der Waals surface area (Å²) in [4.78, 5) is 11.7. The maximum atomic E-state index is 11.7. The Bertz CT molecular complexity index is 395. The number of carbonyl (C=O) groups excluding carboxylic acids is 1. The van der Waals surface area contributed by atoms with Gasteiger partial charge in [-0.3, -0.25) is 4.79 Å². The molecule has 1 rings (SSSR count). The molecule has 0 aliphatic rings. The molecule has 0 aromatic heterocycles. The molecule has 0 bridgehead atoms. The van der Waals surface area contributed by atoms with Crippen molar-refractivity contribution in [2.45, 2.75) is 19.3 Å². The van der Waals surface area contributed by atoms with Crippen molar-refractivity contribution in [2.24, 2.45) is 0 Å². The van der Waals surface area contributed by atoms with Gasteiger partial charge in [-0.2, -0.15) is 0 Å². The second-order valence-electron chi connectivity index (χ2n) is 4.47.